The van der Waals surface area contributed by atoms with E-state index >= 15 is 0 Å². The van der Waals surface area contributed by atoms with Crippen molar-refractivity contribution < 1.29 is 0 Å². The van der Waals surface area contributed by atoms with Crippen LogP contribution >= 0.6 is 27.7 Å². The van der Waals surface area contributed by atoms with Crippen LogP contribution in [0.3, 0.4) is 0 Å². The van der Waals surface area contributed by atoms with E-state index < -0.39 is 0 Å². The molecule has 0 bridgehead atoms. The van der Waals surface area contributed by atoms with Crippen molar-refractivity contribution in [2.24, 2.45) is 0 Å². The number of pyridine rings is 1. The molecule has 0 unspecified atom stereocenters. The first kappa shape index (κ1) is 16.6. The van der Waals surface area contributed by atoms with Gasteiger partial charge in [0.1, 0.15) is 0 Å². The summed E-state index contributed by atoms with van der Waals surface area (Å²) in [6.07, 6.45) is 1.83. The minimum absolute atomic E-state index is 0.966. The number of nitrogens with zero attached hydrogens (tertiary/aromatic N) is 2. The molecule has 3 aromatic carbocycles. The minimum atomic E-state index is 0.966. The number of aromatic nitrogens is 1. The van der Waals surface area contributed by atoms with Crippen molar-refractivity contribution >= 4 is 44.8 Å². The average molecular weight is 431 g/mol. The predicted octanol–water partition coefficient (Wildman–Crippen LogP) is 7.45. The largest absolute Gasteiger partial charge is 0.308 e. The Morgan fingerprint density at radius 1 is 0.741 bits per heavy atom. The van der Waals surface area contributed by atoms with Crippen molar-refractivity contribution in [1.82, 2.24) is 4.98 Å². The van der Waals surface area contributed by atoms with E-state index in [1.807, 2.05) is 36.2 Å². The Hall–Kier alpha value is -2.56. The second-order valence-corrected chi connectivity index (χ2v) is 8.29. The van der Waals surface area contributed by atoms with E-state index in [2.05, 4.69) is 92.5 Å². The van der Waals surface area contributed by atoms with Crippen LogP contribution in [0.25, 0.3) is 11.3 Å². The van der Waals surface area contributed by atoms with Gasteiger partial charge in [0, 0.05) is 31.7 Å². The Morgan fingerprint density at radius 3 is 2.07 bits per heavy atom. The smallest absolute Gasteiger partial charge is 0.0703 e. The van der Waals surface area contributed by atoms with E-state index in [0.717, 1.165) is 21.4 Å². The molecular formula is C23H15BrN2S. The summed E-state index contributed by atoms with van der Waals surface area (Å²) < 4.78 is 1.04. The molecule has 2 nitrogen and oxygen atoms in total. The standard InChI is InChI=1S/C23H15BrN2S/c24-17-13-16(19-7-5-6-12-25-19)14-18(15-17)26-20-8-1-3-10-22(20)27-23-11-4-2-9-21(23)26/h1-15H. The number of hydrogen-bond donors (Lipinski definition) is 0. The zero-order valence-electron chi connectivity index (χ0n) is 14.3. The van der Waals surface area contributed by atoms with Gasteiger partial charge >= 0.3 is 0 Å². The van der Waals surface area contributed by atoms with Gasteiger partial charge in [-0.15, -0.1) is 0 Å². The summed E-state index contributed by atoms with van der Waals surface area (Å²) >= 11 is 5.52. The van der Waals surface area contributed by atoms with Crippen LogP contribution in [0.5, 0.6) is 0 Å². The van der Waals surface area contributed by atoms with Crippen LogP contribution in [0.2, 0.25) is 0 Å². The molecule has 0 atom stereocenters. The van der Waals surface area contributed by atoms with Gasteiger partial charge in [0.25, 0.3) is 0 Å². The number of halogens is 1. The molecule has 0 radical (unpaired) electrons. The Morgan fingerprint density at radius 2 is 1.41 bits per heavy atom. The molecule has 5 rings (SSSR count). The number of para-hydroxylation sites is 2. The second-order valence-electron chi connectivity index (χ2n) is 6.29. The van der Waals surface area contributed by atoms with Crippen molar-refractivity contribution in [2.45, 2.75) is 9.79 Å². The molecule has 27 heavy (non-hydrogen) atoms. The summed E-state index contributed by atoms with van der Waals surface area (Å²) in [7, 11) is 0. The molecule has 0 N–H and O–H groups in total. The highest BCUT2D eigenvalue weighted by molar-refractivity contribution is 9.10. The number of fused-ring (bicyclic) bond motifs is 2. The first-order chi connectivity index (χ1) is 13.3. The molecule has 0 saturated heterocycles. The Labute approximate surface area is 171 Å². The molecule has 0 fully saturated rings. The summed E-state index contributed by atoms with van der Waals surface area (Å²) in [6.45, 7) is 0. The van der Waals surface area contributed by atoms with E-state index in [0.29, 0.717) is 0 Å². The highest BCUT2D eigenvalue weighted by Crippen LogP contribution is 2.51. The quantitative estimate of drug-likeness (QED) is 0.289. The Kier molecular flexibility index (Phi) is 4.23. The Bertz CT molecular complexity index is 1080. The topological polar surface area (TPSA) is 16.1 Å². The number of benzene rings is 3. The third kappa shape index (κ3) is 3.05. The van der Waals surface area contributed by atoms with Crippen molar-refractivity contribution in [2.75, 3.05) is 4.90 Å². The first-order valence-electron chi connectivity index (χ1n) is 8.68. The summed E-state index contributed by atoms with van der Waals surface area (Å²) in [5, 5.41) is 0. The molecule has 2 heterocycles. The summed E-state index contributed by atoms with van der Waals surface area (Å²) in [5.74, 6) is 0. The van der Waals surface area contributed by atoms with E-state index in [1.54, 1.807) is 0 Å². The molecular weight excluding hydrogens is 416 g/mol. The molecule has 1 aromatic heterocycles. The summed E-state index contributed by atoms with van der Waals surface area (Å²) in [6, 6.07) is 29.6. The molecule has 1 aliphatic rings. The molecule has 0 saturated carbocycles. The van der Waals surface area contributed by atoms with Gasteiger partial charge in [0.2, 0.25) is 0 Å². The van der Waals surface area contributed by atoms with Crippen LogP contribution < -0.4 is 4.90 Å². The summed E-state index contributed by atoms with van der Waals surface area (Å²) in [5.41, 5.74) is 5.57. The van der Waals surface area contributed by atoms with Gasteiger partial charge in [0.15, 0.2) is 0 Å². The highest BCUT2D eigenvalue weighted by Gasteiger charge is 2.24. The fraction of sp³-hybridized carbons (Fsp3) is 0. The Balaban J connectivity index is 1.73. The molecule has 130 valence electrons. The maximum Gasteiger partial charge on any atom is 0.0703 e. The van der Waals surface area contributed by atoms with Crippen LogP contribution in [-0.4, -0.2) is 4.98 Å². The van der Waals surface area contributed by atoms with E-state index in [-0.39, 0.29) is 0 Å². The fourth-order valence-corrected chi connectivity index (χ4v) is 4.91. The SMILES string of the molecule is Brc1cc(-c2ccccn2)cc(N2c3ccccc3Sc3ccccc32)c1. The van der Waals surface area contributed by atoms with Gasteiger partial charge in [-0.1, -0.05) is 58.0 Å². The lowest BCUT2D eigenvalue weighted by Gasteiger charge is -2.33. The number of hydrogen-bond acceptors (Lipinski definition) is 3. The van der Waals surface area contributed by atoms with Gasteiger partial charge in [-0.3, -0.25) is 4.98 Å². The van der Waals surface area contributed by atoms with Crippen molar-refractivity contribution in [3.05, 3.63) is 95.6 Å². The molecule has 0 amide bonds. The van der Waals surface area contributed by atoms with Crippen LogP contribution in [0, 0.1) is 0 Å². The first-order valence-corrected chi connectivity index (χ1v) is 10.3. The summed E-state index contributed by atoms with van der Waals surface area (Å²) in [4.78, 5) is 9.37. The van der Waals surface area contributed by atoms with Crippen molar-refractivity contribution in [3.8, 4) is 11.3 Å². The number of anilines is 3. The van der Waals surface area contributed by atoms with E-state index in [9.17, 15) is 0 Å². The van der Waals surface area contributed by atoms with E-state index in [1.165, 1.54) is 21.2 Å². The van der Waals surface area contributed by atoms with Gasteiger partial charge in [0.05, 0.1) is 17.1 Å². The molecule has 0 aliphatic carbocycles. The zero-order valence-corrected chi connectivity index (χ0v) is 16.7. The van der Waals surface area contributed by atoms with Crippen LogP contribution in [0.1, 0.15) is 0 Å². The highest BCUT2D eigenvalue weighted by atomic mass is 79.9. The van der Waals surface area contributed by atoms with Crippen LogP contribution in [0.15, 0.2) is 105 Å². The van der Waals surface area contributed by atoms with Gasteiger partial charge in [-0.25, -0.2) is 0 Å². The molecule has 4 heteroatoms. The number of rotatable bonds is 2. The second kappa shape index (κ2) is 6.87. The normalized spacial score (nSPS) is 12.4. The third-order valence-electron chi connectivity index (χ3n) is 4.53. The third-order valence-corrected chi connectivity index (χ3v) is 6.12. The lowest BCUT2D eigenvalue weighted by molar-refractivity contribution is 1.16. The molecule has 1 aliphatic heterocycles. The monoisotopic (exact) mass is 430 g/mol. The van der Waals surface area contributed by atoms with Crippen LogP contribution in [-0.2, 0) is 0 Å². The zero-order chi connectivity index (χ0) is 18.2. The van der Waals surface area contributed by atoms with Crippen molar-refractivity contribution in [1.29, 1.82) is 0 Å². The molecule has 0 spiro atoms. The fourth-order valence-electron chi connectivity index (χ4n) is 3.37. The average Bonchev–Trinajstić information content (AvgIpc) is 2.72. The lowest BCUT2D eigenvalue weighted by Crippen LogP contribution is -2.14. The van der Waals surface area contributed by atoms with Gasteiger partial charge in [-0.2, -0.15) is 0 Å². The van der Waals surface area contributed by atoms with Crippen molar-refractivity contribution in [3.63, 3.8) is 0 Å². The lowest BCUT2D eigenvalue weighted by atomic mass is 10.1. The van der Waals surface area contributed by atoms with E-state index in [4.69, 9.17) is 0 Å². The maximum atomic E-state index is 4.52. The minimum Gasteiger partial charge on any atom is -0.308 e. The predicted molar refractivity (Wildman–Crippen MR) is 116 cm³/mol. The molecule has 4 aromatic rings. The van der Waals surface area contributed by atoms with Gasteiger partial charge in [-0.05, 0) is 54.6 Å². The van der Waals surface area contributed by atoms with Gasteiger partial charge < -0.3 is 4.90 Å². The van der Waals surface area contributed by atoms with Crippen LogP contribution in [0.4, 0.5) is 17.1 Å². The maximum absolute atomic E-state index is 4.52.